The van der Waals surface area contributed by atoms with Gasteiger partial charge in [0, 0.05) is 46.8 Å². The Morgan fingerprint density at radius 3 is 2.65 bits per heavy atom. The molecule has 0 saturated carbocycles. The Labute approximate surface area is 182 Å². The van der Waals surface area contributed by atoms with Crippen LogP contribution in [0.25, 0.3) is 10.9 Å². The van der Waals surface area contributed by atoms with Gasteiger partial charge in [0.15, 0.2) is 5.13 Å². The number of sulfonamides is 1. The van der Waals surface area contributed by atoms with E-state index < -0.39 is 10.0 Å². The minimum absolute atomic E-state index is 0.0716. The average molecular weight is 459 g/mol. The summed E-state index contributed by atoms with van der Waals surface area (Å²) in [6, 6.07) is 12.4. The molecular weight excluding hydrogens is 439 g/mol. The van der Waals surface area contributed by atoms with Crippen LogP contribution < -0.4 is 10.0 Å². The molecule has 2 aromatic heterocycles. The topological polar surface area (TPSA) is 93.1 Å². The number of nitrogens with one attached hydrogen (secondary N) is 2. The number of hydrogen-bond donors (Lipinski definition) is 2. The number of aryl methyl sites for hydroxylation is 2. The Morgan fingerprint density at radius 1 is 1.16 bits per heavy atom. The smallest absolute Gasteiger partial charge is 0.263 e. The van der Waals surface area contributed by atoms with E-state index in [0.29, 0.717) is 12.2 Å². The molecule has 4 rings (SSSR count). The monoisotopic (exact) mass is 458 g/mol. The van der Waals surface area contributed by atoms with Gasteiger partial charge >= 0.3 is 0 Å². The van der Waals surface area contributed by atoms with Crippen LogP contribution in [0.3, 0.4) is 0 Å². The maximum absolute atomic E-state index is 13.4. The van der Waals surface area contributed by atoms with Gasteiger partial charge in [0.05, 0.1) is 4.90 Å². The second kappa shape index (κ2) is 8.48. The second-order valence-electron chi connectivity index (χ2n) is 6.91. The fraction of sp³-hybridized carbons (Fsp3) is 0.143. The molecular formula is C21H19FN4O3S2. The van der Waals surface area contributed by atoms with Crippen molar-refractivity contribution in [1.82, 2.24) is 9.55 Å². The molecule has 0 spiro atoms. The number of amides is 1. The molecule has 2 heterocycles. The number of anilines is 2. The van der Waals surface area contributed by atoms with Crippen molar-refractivity contribution in [1.29, 1.82) is 0 Å². The second-order valence-corrected chi connectivity index (χ2v) is 9.48. The van der Waals surface area contributed by atoms with E-state index in [9.17, 15) is 17.6 Å². The molecule has 0 unspecified atom stereocenters. The lowest BCUT2D eigenvalue weighted by atomic mass is 10.2. The summed E-state index contributed by atoms with van der Waals surface area (Å²) < 4.78 is 42.5. The van der Waals surface area contributed by atoms with Crippen molar-refractivity contribution >= 4 is 49.0 Å². The van der Waals surface area contributed by atoms with Gasteiger partial charge in [-0.1, -0.05) is 0 Å². The molecule has 0 aliphatic rings. The lowest BCUT2D eigenvalue weighted by Gasteiger charge is -2.10. The lowest BCUT2D eigenvalue weighted by molar-refractivity contribution is -0.116. The standard InChI is InChI=1S/C21H19FN4O3S2/c1-14-12-15-13-16(22)2-7-19(15)26(14)10-8-20(27)24-17-3-5-18(6-4-17)31(28,29)25-21-23-9-11-30-21/h2-7,9,11-13H,8,10H2,1H3,(H,23,25)(H,24,27). The van der Waals surface area contributed by atoms with E-state index in [1.54, 1.807) is 11.4 Å². The van der Waals surface area contributed by atoms with E-state index >= 15 is 0 Å². The molecule has 0 aliphatic carbocycles. The van der Waals surface area contributed by atoms with E-state index in [4.69, 9.17) is 0 Å². The van der Waals surface area contributed by atoms with E-state index in [1.807, 2.05) is 17.6 Å². The zero-order valence-electron chi connectivity index (χ0n) is 16.5. The summed E-state index contributed by atoms with van der Waals surface area (Å²) in [5.74, 6) is -0.505. The van der Waals surface area contributed by atoms with E-state index in [2.05, 4.69) is 15.0 Å². The van der Waals surface area contributed by atoms with E-state index in [1.165, 1.54) is 53.9 Å². The summed E-state index contributed by atoms with van der Waals surface area (Å²) in [5.41, 5.74) is 2.30. The van der Waals surface area contributed by atoms with Gasteiger partial charge in [0.25, 0.3) is 10.0 Å². The third kappa shape index (κ3) is 4.75. The molecule has 4 aromatic rings. The number of carbonyl (C=O) groups is 1. The minimum Gasteiger partial charge on any atom is -0.344 e. The van der Waals surface area contributed by atoms with Crippen LogP contribution in [0, 0.1) is 12.7 Å². The SMILES string of the molecule is Cc1cc2cc(F)ccc2n1CCC(=O)Nc1ccc(S(=O)(=O)Nc2nccs2)cc1. The summed E-state index contributed by atoms with van der Waals surface area (Å²) in [5, 5.41) is 5.52. The third-order valence-corrected chi connectivity index (χ3v) is 6.91. The number of carbonyl (C=O) groups excluding carboxylic acids is 1. The number of aromatic nitrogens is 2. The van der Waals surface area contributed by atoms with Crippen molar-refractivity contribution in [3.63, 3.8) is 0 Å². The largest absolute Gasteiger partial charge is 0.344 e. The zero-order valence-corrected chi connectivity index (χ0v) is 18.1. The van der Waals surface area contributed by atoms with E-state index in [-0.39, 0.29) is 28.2 Å². The number of nitrogens with zero attached hydrogens (tertiary/aromatic N) is 2. The van der Waals surface area contributed by atoms with Crippen molar-refractivity contribution in [3.05, 3.63) is 71.6 Å². The van der Waals surface area contributed by atoms with Crippen molar-refractivity contribution in [2.75, 3.05) is 10.0 Å². The van der Waals surface area contributed by atoms with Crippen LogP contribution in [0.1, 0.15) is 12.1 Å². The summed E-state index contributed by atoms with van der Waals surface area (Å²) in [7, 11) is -3.74. The predicted molar refractivity (Wildman–Crippen MR) is 119 cm³/mol. The van der Waals surface area contributed by atoms with Crippen molar-refractivity contribution in [2.24, 2.45) is 0 Å². The van der Waals surface area contributed by atoms with Crippen LogP contribution in [0.2, 0.25) is 0 Å². The van der Waals surface area contributed by atoms with Crippen LogP contribution in [0.4, 0.5) is 15.2 Å². The first-order valence-corrected chi connectivity index (χ1v) is 11.8. The van der Waals surface area contributed by atoms with Crippen LogP contribution >= 0.6 is 11.3 Å². The summed E-state index contributed by atoms with van der Waals surface area (Å²) in [6.45, 7) is 2.35. The Kier molecular flexibility index (Phi) is 5.75. The van der Waals surface area contributed by atoms with Gasteiger partial charge in [0.1, 0.15) is 5.82 Å². The highest BCUT2D eigenvalue weighted by Gasteiger charge is 2.16. The lowest BCUT2D eigenvalue weighted by Crippen LogP contribution is -2.15. The highest BCUT2D eigenvalue weighted by molar-refractivity contribution is 7.93. The van der Waals surface area contributed by atoms with Gasteiger partial charge in [-0.25, -0.2) is 17.8 Å². The molecule has 10 heteroatoms. The van der Waals surface area contributed by atoms with Gasteiger partial charge in [0.2, 0.25) is 5.91 Å². The van der Waals surface area contributed by atoms with Gasteiger partial charge in [-0.15, -0.1) is 11.3 Å². The van der Waals surface area contributed by atoms with Gasteiger partial charge in [-0.2, -0.15) is 0 Å². The van der Waals surface area contributed by atoms with Gasteiger partial charge in [-0.3, -0.25) is 9.52 Å². The van der Waals surface area contributed by atoms with Crippen molar-refractivity contribution < 1.29 is 17.6 Å². The number of fused-ring (bicyclic) bond motifs is 1. The Hall–Kier alpha value is -3.24. The maximum Gasteiger partial charge on any atom is 0.263 e. The van der Waals surface area contributed by atoms with Crippen LogP contribution in [-0.2, 0) is 21.4 Å². The van der Waals surface area contributed by atoms with Crippen LogP contribution in [0.5, 0.6) is 0 Å². The molecule has 0 aliphatic heterocycles. The number of rotatable bonds is 7. The quantitative estimate of drug-likeness (QED) is 0.430. The molecule has 2 aromatic carbocycles. The summed E-state index contributed by atoms with van der Waals surface area (Å²) in [6.07, 6.45) is 1.73. The fourth-order valence-electron chi connectivity index (χ4n) is 3.28. The zero-order chi connectivity index (χ0) is 22.0. The molecule has 160 valence electrons. The first-order chi connectivity index (χ1) is 14.8. The molecule has 2 N–H and O–H groups in total. The number of thiazole rings is 1. The summed E-state index contributed by atoms with van der Waals surface area (Å²) >= 11 is 1.18. The molecule has 0 fully saturated rings. The number of benzene rings is 2. The summed E-state index contributed by atoms with van der Waals surface area (Å²) in [4.78, 5) is 16.4. The van der Waals surface area contributed by atoms with Gasteiger partial charge < -0.3 is 9.88 Å². The Bertz CT molecular complexity index is 1330. The third-order valence-electron chi connectivity index (χ3n) is 4.74. The first kappa shape index (κ1) is 21.0. The number of hydrogen-bond acceptors (Lipinski definition) is 5. The van der Waals surface area contributed by atoms with Crippen molar-refractivity contribution in [3.8, 4) is 0 Å². The first-order valence-electron chi connectivity index (χ1n) is 9.39. The van der Waals surface area contributed by atoms with E-state index in [0.717, 1.165) is 16.6 Å². The fourth-order valence-corrected chi connectivity index (χ4v) is 5.07. The maximum atomic E-state index is 13.4. The normalized spacial score (nSPS) is 11.5. The highest BCUT2D eigenvalue weighted by atomic mass is 32.2. The molecule has 7 nitrogen and oxygen atoms in total. The Balaban J connectivity index is 1.39. The van der Waals surface area contributed by atoms with Crippen LogP contribution in [-0.4, -0.2) is 23.9 Å². The molecule has 31 heavy (non-hydrogen) atoms. The minimum atomic E-state index is -3.74. The predicted octanol–water partition coefficient (Wildman–Crippen LogP) is 4.37. The molecule has 0 bridgehead atoms. The molecule has 0 saturated heterocycles. The Morgan fingerprint density at radius 2 is 1.94 bits per heavy atom. The highest BCUT2D eigenvalue weighted by Crippen LogP contribution is 2.22. The molecule has 0 atom stereocenters. The number of halogens is 1. The average Bonchev–Trinajstić information content (AvgIpc) is 3.33. The van der Waals surface area contributed by atoms with Crippen LogP contribution in [0.15, 0.2) is 65.0 Å². The molecule has 1 amide bonds. The van der Waals surface area contributed by atoms with Crippen molar-refractivity contribution in [2.45, 2.75) is 24.8 Å². The molecule has 0 radical (unpaired) electrons. The van der Waals surface area contributed by atoms with Gasteiger partial charge in [-0.05, 0) is 55.5 Å².